The van der Waals surface area contributed by atoms with Crippen molar-refractivity contribution in [1.29, 1.82) is 0 Å². The molecule has 0 spiro atoms. The van der Waals surface area contributed by atoms with Gasteiger partial charge in [0.2, 0.25) is 0 Å². The smallest absolute Gasteiger partial charge is 0.418 e. The van der Waals surface area contributed by atoms with Gasteiger partial charge in [0, 0.05) is 12.4 Å². The van der Waals surface area contributed by atoms with E-state index in [1.165, 1.54) is 6.92 Å². The first kappa shape index (κ1) is 12.8. The third-order valence-corrected chi connectivity index (χ3v) is 1.97. The fourth-order valence-electron chi connectivity index (χ4n) is 1.06. The second-order valence-electron chi connectivity index (χ2n) is 2.76. The first-order chi connectivity index (χ1) is 7.38. The molecule has 7 heteroatoms. The molecule has 1 heterocycles. The highest BCUT2D eigenvalue weighted by Crippen LogP contribution is 2.34. The number of esters is 1. The molecule has 0 aliphatic carbocycles. The summed E-state index contributed by atoms with van der Waals surface area (Å²) in [6, 6.07) is 0. The van der Waals surface area contributed by atoms with Crippen LogP contribution in [0.3, 0.4) is 0 Å². The Balaban J connectivity index is 3.30. The van der Waals surface area contributed by atoms with Gasteiger partial charge in [-0.25, -0.2) is 4.79 Å². The van der Waals surface area contributed by atoms with E-state index in [2.05, 4.69) is 9.72 Å². The summed E-state index contributed by atoms with van der Waals surface area (Å²) in [5.41, 5.74) is -1.90. The molecule has 0 bridgehead atoms. The normalized spacial score (nSPS) is 11.3. The van der Waals surface area contributed by atoms with Crippen LogP contribution in [0.15, 0.2) is 12.4 Å². The van der Waals surface area contributed by atoms with E-state index in [1.54, 1.807) is 0 Å². The van der Waals surface area contributed by atoms with Crippen LogP contribution in [-0.2, 0) is 10.9 Å². The van der Waals surface area contributed by atoms with Crippen molar-refractivity contribution in [2.24, 2.45) is 0 Å². The molecule has 0 aromatic carbocycles. The lowest BCUT2D eigenvalue weighted by Crippen LogP contribution is -2.16. The minimum absolute atomic E-state index is 0.0330. The average molecular weight is 254 g/mol. The number of ether oxygens (including phenoxy) is 1. The highest BCUT2D eigenvalue weighted by Gasteiger charge is 2.37. The van der Waals surface area contributed by atoms with Crippen LogP contribution in [0.1, 0.15) is 22.8 Å². The quantitative estimate of drug-likeness (QED) is 0.761. The number of pyridine rings is 1. The molecule has 0 saturated heterocycles. The summed E-state index contributed by atoms with van der Waals surface area (Å²) in [4.78, 5) is 14.6. The minimum atomic E-state index is -4.69. The first-order valence-electron chi connectivity index (χ1n) is 4.25. The summed E-state index contributed by atoms with van der Waals surface area (Å²) >= 11 is 5.50. The van der Waals surface area contributed by atoms with Gasteiger partial charge in [-0.2, -0.15) is 13.2 Å². The number of hydrogen-bond donors (Lipinski definition) is 0. The van der Waals surface area contributed by atoms with Gasteiger partial charge in [0.25, 0.3) is 0 Å². The molecule has 0 amide bonds. The molecule has 1 aromatic heterocycles. The van der Waals surface area contributed by atoms with Crippen molar-refractivity contribution in [1.82, 2.24) is 4.98 Å². The van der Waals surface area contributed by atoms with Gasteiger partial charge in [-0.3, -0.25) is 4.98 Å². The second-order valence-corrected chi connectivity index (χ2v) is 3.17. The third kappa shape index (κ3) is 2.63. The molecule has 0 saturated carbocycles. The fourth-order valence-corrected chi connectivity index (χ4v) is 1.30. The minimum Gasteiger partial charge on any atom is -0.462 e. The maximum atomic E-state index is 12.5. The van der Waals surface area contributed by atoms with Crippen molar-refractivity contribution in [3.63, 3.8) is 0 Å². The lowest BCUT2D eigenvalue weighted by atomic mass is 10.1. The zero-order chi connectivity index (χ0) is 12.3. The number of aromatic nitrogens is 1. The Morgan fingerprint density at radius 3 is 2.62 bits per heavy atom. The lowest BCUT2D eigenvalue weighted by Gasteiger charge is -2.12. The predicted octanol–water partition coefficient (Wildman–Crippen LogP) is 2.93. The number of hydrogen-bond acceptors (Lipinski definition) is 3. The predicted molar refractivity (Wildman–Crippen MR) is 50.2 cm³/mol. The Morgan fingerprint density at radius 1 is 1.50 bits per heavy atom. The van der Waals surface area contributed by atoms with E-state index in [0.29, 0.717) is 6.20 Å². The summed E-state index contributed by atoms with van der Waals surface area (Å²) < 4.78 is 42.1. The van der Waals surface area contributed by atoms with Gasteiger partial charge in [0.15, 0.2) is 0 Å². The Morgan fingerprint density at radius 2 is 2.12 bits per heavy atom. The lowest BCUT2D eigenvalue weighted by molar-refractivity contribution is -0.138. The standard InChI is InChI=1S/C9H7ClF3NO2/c1-2-16-8(15)7-5(9(11,12)13)3-14-4-6(7)10/h3-4H,2H2,1H3. The molecule has 0 N–H and O–H groups in total. The molecule has 0 aliphatic heterocycles. The molecule has 0 radical (unpaired) electrons. The molecule has 16 heavy (non-hydrogen) atoms. The van der Waals surface area contributed by atoms with Crippen molar-refractivity contribution < 1.29 is 22.7 Å². The second kappa shape index (κ2) is 4.69. The van der Waals surface area contributed by atoms with Gasteiger partial charge in [-0.05, 0) is 6.92 Å². The van der Waals surface area contributed by atoms with Crippen molar-refractivity contribution in [3.05, 3.63) is 28.5 Å². The van der Waals surface area contributed by atoms with Crippen LogP contribution in [0, 0.1) is 0 Å². The molecule has 1 rings (SSSR count). The Bertz CT molecular complexity index is 406. The first-order valence-corrected chi connectivity index (χ1v) is 4.63. The Labute approximate surface area is 94.2 Å². The van der Waals surface area contributed by atoms with E-state index < -0.39 is 23.3 Å². The summed E-state index contributed by atoms with van der Waals surface area (Å²) in [6.45, 7) is 1.45. The molecule has 3 nitrogen and oxygen atoms in total. The SMILES string of the molecule is CCOC(=O)c1c(Cl)cncc1C(F)(F)F. The summed E-state index contributed by atoms with van der Waals surface area (Å²) in [7, 11) is 0. The molecule has 0 fully saturated rings. The molecule has 0 atom stereocenters. The maximum Gasteiger partial charge on any atom is 0.418 e. The van der Waals surface area contributed by atoms with Gasteiger partial charge in [-0.15, -0.1) is 0 Å². The van der Waals surface area contributed by atoms with Crippen LogP contribution in [0.5, 0.6) is 0 Å². The summed E-state index contributed by atoms with van der Waals surface area (Å²) in [6.07, 6.45) is -3.19. The molecule has 0 aliphatic rings. The van der Waals surface area contributed by atoms with Crippen LogP contribution < -0.4 is 0 Å². The van der Waals surface area contributed by atoms with Gasteiger partial charge < -0.3 is 4.74 Å². The van der Waals surface area contributed by atoms with Crippen molar-refractivity contribution in [2.45, 2.75) is 13.1 Å². The number of nitrogens with zero attached hydrogens (tertiary/aromatic N) is 1. The van der Waals surface area contributed by atoms with Crippen LogP contribution in [-0.4, -0.2) is 17.6 Å². The van der Waals surface area contributed by atoms with E-state index in [4.69, 9.17) is 11.6 Å². The highest BCUT2D eigenvalue weighted by atomic mass is 35.5. The number of halogens is 4. The van der Waals surface area contributed by atoms with Crippen LogP contribution in [0.25, 0.3) is 0 Å². The van der Waals surface area contributed by atoms with Crippen LogP contribution in [0.4, 0.5) is 13.2 Å². The third-order valence-electron chi connectivity index (χ3n) is 1.68. The molecule has 88 valence electrons. The number of rotatable bonds is 2. The largest absolute Gasteiger partial charge is 0.462 e. The van der Waals surface area contributed by atoms with Crippen LogP contribution >= 0.6 is 11.6 Å². The van der Waals surface area contributed by atoms with E-state index in [0.717, 1.165) is 6.20 Å². The summed E-state index contributed by atoms with van der Waals surface area (Å²) in [5, 5.41) is -0.381. The Hall–Kier alpha value is -1.30. The van der Waals surface area contributed by atoms with Crippen molar-refractivity contribution in [3.8, 4) is 0 Å². The van der Waals surface area contributed by atoms with Gasteiger partial charge >= 0.3 is 12.1 Å². The van der Waals surface area contributed by atoms with E-state index in [-0.39, 0.29) is 11.6 Å². The van der Waals surface area contributed by atoms with Crippen molar-refractivity contribution >= 4 is 17.6 Å². The zero-order valence-electron chi connectivity index (χ0n) is 8.14. The highest BCUT2D eigenvalue weighted by molar-refractivity contribution is 6.33. The van der Waals surface area contributed by atoms with Crippen LogP contribution in [0.2, 0.25) is 5.02 Å². The summed E-state index contributed by atoms with van der Waals surface area (Å²) in [5.74, 6) is -1.11. The van der Waals surface area contributed by atoms with E-state index in [9.17, 15) is 18.0 Å². The molecule has 1 aromatic rings. The molecular formula is C9H7ClF3NO2. The van der Waals surface area contributed by atoms with Gasteiger partial charge in [0.05, 0.1) is 22.8 Å². The van der Waals surface area contributed by atoms with Gasteiger partial charge in [0.1, 0.15) is 0 Å². The fraction of sp³-hybridized carbons (Fsp3) is 0.333. The van der Waals surface area contributed by atoms with E-state index >= 15 is 0 Å². The maximum absolute atomic E-state index is 12.5. The average Bonchev–Trinajstić information content (AvgIpc) is 2.16. The molecule has 0 unspecified atom stereocenters. The topological polar surface area (TPSA) is 39.2 Å². The number of carbonyl (C=O) groups excluding carboxylic acids is 1. The number of carbonyl (C=O) groups is 1. The van der Waals surface area contributed by atoms with Gasteiger partial charge in [-0.1, -0.05) is 11.6 Å². The number of alkyl halides is 3. The monoisotopic (exact) mass is 253 g/mol. The Kier molecular flexibility index (Phi) is 3.74. The zero-order valence-corrected chi connectivity index (χ0v) is 8.89. The van der Waals surface area contributed by atoms with E-state index in [1.807, 2.05) is 0 Å². The molecular weight excluding hydrogens is 247 g/mol. The van der Waals surface area contributed by atoms with Crippen molar-refractivity contribution in [2.75, 3.05) is 6.61 Å².